The number of aromatic nitrogens is 2. The molecular weight excluding hydrogens is 348 g/mol. The molecule has 0 radical (unpaired) electrons. The zero-order chi connectivity index (χ0) is 19.5. The second kappa shape index (κ2) is 6.47. The predicted octanol–water partition coefficient (Wildman–Crippen LogP) is 5.31. The van der Waals surface area contributed by atoms with Crippen molar-refractivity contribution in [3.63, 3.8) is 0 Å². The van der Waals surface area contributed by atoms with Crippen molar-refractivity contribution < 1.29 is 9.53 Å². The van der Waals surface area contributed by atoms with Gasteiger partial charge in [0.05, 0.1) is 6.33 Å². The molecule has 0 aliphatic heterocycles. The molecule has 0 unspecified atom stereocenters. The molecule has 1 heterocycles. The van der Waals surface area contributed by atoms with Gasteiger partial charge in [-0.25, -0.2) is 4.98 Å². The summed E-state index contributed by atoms with van der Waals surface area (Å²) in [5.41, 5.74) is 2.21. The molecule has 0 spiro atoms. The minimum absolute atomic E-state index is 0.111. The van der Waals surface area contributed by atoms with Gasteiger partial charge in [-0.2, -0.15) is 0 Å². The molecule has 3 saturated carbocycles. The van der Waals surface area contributed by atoms with Gasteiger partial charge in [0.25, 0.3) is 0 Å². The Morgan fingerprint density at radius 3 is 2.79 bits per heavy atom. The van der Waals surface area contributed by atoms with E-state index in [4.69, 9.17) is 4.74 Å². The van der Waals surface area contributed by atoms with Crippen LogP contribution < -0.4 is 0 Å². The average molecular weight is 383 g/mol. The molecule has 1 aromatic rings. The third-order valence-corrected chi connectivity index (χ3v) is 9.27. The summed E-state index contributed by atoms with van der Waals surface area (Å²) in [6.07, 6.45) is 18.5. The summed E-state index contributed by atoms with van der Waals surface area (Å²) in [6, 6.07) is 0. The lowest BCUT2D eigenvalue weighted by atomic mass is 9.45. The maximum Gasteiger partial charge on any atom is 0.302 e. The van der Waals surface area contributed by atoms with Crippen molar-refractivity contribution in [1.29, 1.82) is 0 Å². The van der Waals surface area contributed by atoms with Crippen molar-refractivity contribution in [2.45, 2.75) is 78.2 Å². The van der Waals surface area contributed by atoms with Crippen LogP contribution in [0, 0.1) is 34.5 Å². The lowest BCUT2D eigenvalue weighted by Gasteiger charge is -2.60. The fourth-order valence-corrected chi connectivity index (χ4v) is 7.91. The summed E-state index contributed by atoms with van der Waals surface area (Å²) in [5.74, 6) is 3.05. The second-order valence-corrected chi connectivity index (χ2v) is 10.4. The first-order valence-electron chi connectivity index (χ1n) is 11.3. The highest BCUT2D eigenvalue weighted by atomic mass is 16.5. The Labute approximate surface area is 168 Å². The summed E-state index contributed by atoms with van der Waals surface area (Å²) >= 11 is 0. The number of carbonyl (C=O) groups excluding carboxylic acids is 1. The highest BCUT2D eigenvalue weighted by Gasteiger charge is 2.59. The van der Waals surface area contributed by atoms with Gasteiger partial charge in [0.15, 0.2) is 0 Å². The van der Waals surface area contributed by atoms with Crippen molar-refractivity contribution in [3.05, 3.63) is 24.8 Å². The first-order valence-corrected chi connectivity index (χ1v) is 11.3. The third kappa shape index (κ3) is 2.63. The number of esters is 1. The van der Waals surface area contributed by atoms with E-state index in [-0.39, 0.29) is 12.1 Å². The molecule has 4 heteroatoms. The van der Waals surface area contributed by atoms with E-state index >= 15 is 0 Å². The Bertz CT molecular complexity index is 785. The van der Waals surface area contributed by atoms with Gasteiger partial charge in [0.1, 0.15) is 6.10 Å². The van der Waals surface area contributed by atoms with E-state index in [0.717, 1.165) is 36.5 Å². The van der Waals surface area contributed by atoms with E-state index in [1.807, 2.05) is 12.5 Å². The molecule has 7 atom stereocenters. The van der Waals surface area contributed by atoms with Gasteiger partial charge in [-0.3, -0.25) is 4.79 Å². The summed E-state index contributed by atoms with van der Waals surface area (Å²) in [4.78, 5) is 15.7. The molecule has 0 saturated heterocycles. The van der Waals surface area contributed by atoms with E-state index in [1.54, 1.807) is 6.92 Å². The molecule has 0 N–H and O–H groups in total. The molecule has 0 amide bonds. The highest BCUT2D eigenvalue weighted by Crippen LogP contribution is 2.66. The zero-order valence-electron chi connectivity index (χ0n) is 17.6. The summed E-state index contributed by atoms with van der Waals surface area (Å²) in [7, 11) is 0. The Balaban J connectivity index is 1.37. The summed E-state index contributed by atoms with van der Waals surface area (Å²) in [5, 5.41) is 0. The van der Waals surface area contributed by atoms with E-state index < -0.39 is 0 Å². The number of carbonyl (C=O) groups is 1. The predicted molar refractivity (Wildman–Crippen MR) is 109 cm³/mol. The zero-order valence-corrected chi connectivity index (χ0v) is 17.6. The number of fused-ring (bicyclic) bond motifs is 5. The molecule has 0 aromatic carbocycles. The van der Waals surface area contributed by atoms with Crippen molar-refractivity contribution in [3.8, 4) is 0 Å². The smallest absolute Gasteiger partial charge is 0.302 e. The molecule has 4 nitrogen and oxygen atoms in total. The SMILES string of the molecule is CC(=O)O[C@H]1CC[C@@]2(C)[C@@H](CC[C@@H]3[C@@H]2CC[C@]2(C)C(n4ccnc4)=CC[C@@H]32)C1. The Hall–Kier alpha value is -1.58. The quantitative estimate of drug-likeness (QED) is 0.651. The molecule has 1 aromatic heterocycles. The topological polar surface area (TPSA) is 44.1 Å². The first-order chi connectivity index (χ1) is 13.4. The van der Waals surface area contributed by atoms with E-state index in [2.05, 4.69) is 35.7 Å². The molecule has 0 bridgehead atoms. The van der Waals surface area contributed by atoms with Crippen LogP contribution in [0.3, 0.4) is 0 Å². The number of rotatable bonds is 2. The van der Waals surface area contributed by atoms with Crippen molar-refractivity contribution in [2.24, 2.45) is 34.5 Å². The van der Waals surface area contributed by atoms with Crippen LogP contribution in [0.25, 0.3) is 5.70 Å². The van der Waals surface area contributed by atoms with Gasteiger partial charge in [0, 0.05) is 30.4 Å². The average Bonchev–Trinajstić information content (AvgIpc) is 3.28. The van der Waals surface area contributed by atoms with Crippen LogP contribution in [0.15, 0.2) is 24.8 Å². The number of nitrogens with zero attached hydrogens (tertiary/aromatic N) is 2. The number of ether oxygens (including phenoxy) is 1. The standard InChI is InChI=1S/C24H34N2O2/c1-16(27)28-18-8-10-23(2)17(14-18)4-5-19-20-6-7-22(26-13-12-25-15-26)24(20,3)11-9-21(19)23/h7,12-13,15,17-21H,4-6,8-11,14H2,1-3H3/t17-,18-,19-,20-,21-,23-,24-/m0/s1. The molecule has 3 fully saturated rings. The van der Waals surface area contributed by atoms with Gasteiger partial charge in [-0.1, -0.05) is 19.9 Å². The monoisotopic (exact) mass is 382 g/mol. The molecular formula is C24H34N2O2. The number of imidazole rings is 1. The normalized spacial score (nSPS) is 44.8. The molecule has 28 heavy (non-hydrogen) atoms. The first kappa shape index (κ1) is 18.4. The van der Waals surface area contributed by atoms with Gasteiger partial charge in [-0.15, -0.1) is 0 Å². The van der Waals surface area contributed by atoms with Crippen LogP contribution in [0.1, 0.15) is 72.1 Å². The number of hydrogen-bond acceptors (Lipinski definition) is 3. The van der Waals surface area contributed by atoms with Crippen molar-refractivity contribution >= 4 is 11.7 Å². The third-order valence-electron chi connectivity index (χ3n) is 9.27. The Morgan fingerprint density at radius 1 is 1.18 bits per heavy atom. The summed E-state index contributed by atoms with van der Waals surface area (Å²) in [6.45, 7) is 6.64. The van der Waals surface area contributed by atoms with Gasteiger partial charge in [-0.05, 0) is 80.5 Å². The Kier molecular flexibility index (Phi) is 4.26. The van der Waals surface area contributed by atoms with Crippen LogP contribution >= 0.6 is 0 Å². The lowest BCUT2D eigenvalue weighted by Crippen LogP contribution is -2.54. The minimum Gasteiger partial charge on any atom is -0.463 e. The van der Waals surface area contributed by atoms with E-state index in [1.165, 1.54) is 44.2 Å². The minimum atomic E-state index is -0.111. The molecule has 152 valence electrons. The van der Waals surface area contributed by atoms with Gasteiger partial charge >= 0.3 is 5.97 Å². The lowest BCUT2D eigenvalue weighted by molar-refractivity contribution is -0.158. The van der Waals surface area contributed by atoms with Gasteiger partial charge in [0.2, 0.25) is 0 Å². The van der Waals surface area contributed by atoms with Crippen molar-refractivity contribution in [1.82, 2.24) is 9.55 Å². The molecule has 4 aliphatic rings. The van der Waals surface area contributed by atoms with E-state index in [9.17, 15) is 4.79 Å². The number of allylic oxidation sites excluding steroid dienone is 2. The maximum atomic E-state index is 11.4. The molecule has 4 aliphatic carbocycles. The largest absolute Gasteiger partial charge is 0.463 e. The summed E-state index contributed by atoms with van der Waals surface area (Å²) < 4.78 is 7.87. The Morgan fingerprint density at radius 2 is 2.04 bits per heavy atom. The van der Waals surface area contributed by atoms with Crippen LogP contribution in [-0.2, 0) is 9.53 Å². The maximum absolute atomic E-state index is 11.4. The fraction of sp³-hybridized carbons (Fsp3) is 0.750. The molecule has 5 rings (SSSR count). The second-order valence-electron chi connectivity index (χ2n) is 10.4. The highest BCUT2D eigenvalue weighted by molar-refractivity contribution is 5.66. The number of hydrogen-bond donors (Lipinski definition) is 0. The van der Waals surface area contributed by atoms with Crippen LogP contribution in [0.4, 0.5) is 0 Å². The van der Waals surface area contributed by atoms with Crippen molar-refractivity contribution in [2.75, 3.05) is 0 Å². The van der Waals surface area contributed by atoms with E-state index in [0.29, 0.717) is 10.8 Å². The van der Waals surface area contributed by atoms with Crippen LogP contribution in [-0.4, -0.2) is 21.6 Å². The van der Waals surface area contributed by atoms with Crippen LogP contribution in [0.5, 0.6) is 0 Å². The fourth-order valence-electron chi connectivity index (χ4n) is 7.91. The van der Waals surface area contributed by atoms with Crippen LogP contribution in [0.2, 0.25) is 0 Å². The van der Waals surface area contributed by atoms with Gasteiger partial charge < -0.3 is 9.30 Å².